The summed E-state index contributed by atoms with van der Waals surface area (Å²) in [5, 5.41) is 2.71. The SMILES string of the molecule is O=C(Nc1cccnc1)c1cc(-c2c(F)cccc2Br)c[nH]1. The van der Waals surface area contributed by atoms with E-state index in [1.54, 1.807) is 48.9 Å². The van der Waals surface area contributed by atoms with Gasteiger partial charge in [-0.25, -0.2) is 4.39 Å². The molecule has 3 aromatic rings. The van der Waals surface area contributed by atoms with Crippen molar-refractivity contribution in [2.24, 2.45) is 0 Å². The van der Waals surface area contributed by atoms with Gasteiger partial charge in [0, 0.05) is 28.0 Å². The Morgan fingerprint density at radius 2 is 2.14 bits per heavy atom. The number of anilines is 1. The van der Waals surface area contributed by atoms with Crippen molar-refractivity contribution >= 4 is 27.5 Å². The topological polar surface area (TPSA) is 57.8 Å². The summed E-state index contributed by atoms with van der Waals surface area (Å²) in [4.78, 5) is 18.9. The Balaban J connectivity index is 1.86. The highest BCUT2D eigenvalue weighted by atomic mass is 79.9. The second-order valence-electron chi connectivity index (χ2n) is 4.59. The van der Waals surface area contributed by atoms with Crippen LogP contribution in [0.15, 0.2) is 59.5 Å². The second kappa shape index (κ2) is 6.11. The molecule has 0 bridgehead atoms. The highest BCUT2D eigenvalue weighted by Crippen LogP contribution is 2.31. The van der Waals surface area contributed by atoms with E-state index in [0.717, 1.165) is 0 Å². The van der Waals surface area contributed by atoms with Gasteiger partial charge in [-0.05, 0) is 30.3 Å². The minimum atomic E-state index is -0.354. The summed E-state index contributed by atoms with van der Waals surface area (Å²) in [6, 6.07) is 9.82. The number of carbonyl (C=O) groups is 1. The number of aromatic amines is 1. The summed E-state index contributed by atoms with van der Waals surface area (Å²) in [6.45, 7) is 0. The van der Waals surface area contributed by atoms with E-state index in [4.69, 9.17) is 0 Å². The van der Waals surface area contributed by atoms with Gasteiger partial charge in [-0.2, -0.15) is 0 Å². The quantitative estimate of drug-likeness (QED) is 0.734. The number of benzene rings is 1. The van der Waals surface area contributed by atoms with Crippen LogP contribution in [0.3, 0.4) is 0 Å². The third-order valence-corrected chi connectivity index (χ3v) is 3.76. The molecule has 6 heteroatoms. The normalized spacial score (nSPS) is 10.5. The summed E-state index contributed by atoms with van der Waals surface area (Å²) < 4.78 is 14.6. The van der Waals surface area contributed by atoms with Crippen LogP contribution in [0.4, 0.5) is 10.1 Å². The molecule has 2 N–H and O–H groups in total. The lowest BCUT2D eigenvalue weighted by molar-refractivity contribution is 0.102. The number of amides is 1. The lowest BCUT2D eigenvalue weighted by Gasteiger charge is -2.03. The first-order valence-corrected chi connectivity index (χ1v) is 7.28. The maximum Gasteiger partial charge on any atom is 0.272 e. The maximum atomic E-state index is 13.9. The lowest BCUT2D eigenvalue weighted by Crippen LogP contribution is -2.12. The zero-order chi connectivity index (χ0) is 15.5. The number of aromatic nitrogens is 2. The predicted molar refractivity (Wildman–Crippen MR) is 86.1 cm³/mol. The van der Waals surface area contributed by atoms with Crippen LogP contribution in [0.1, 0.15) is 10.5 Å². The smallest absolute Gasteiger partial charge is 0.272 e. The Morgan fingerprint density at radius 1 is 1.27 bits per heavy atom. The van der Waals surface area contributed by atoms with Gasteiger partial charge in [0.1, 0.15) is 11.5 Å². The largest absolute Gasteiger partial charge is 0.357 e. The molecule has 0 saturated heterocycles. The number of pyridine rings is 1. The molecule has 0 aliphatic carbocycles. The average Bonchev–Trinajstić information content (AvgIpc) is 2.98. The van der Waals surface area contributed by atoms with Crippen molar-refractivity contribution in [2.75, 3.05) is 5.32 Å². The number of nitrogens with zero attached hydrogens (tertiary/aromatic N) is 1. The molecule has 0 radical (unpaired) electrons. The van der Waals surface area contributed by atoms with Crippen molar-refractivity contribution in [2.45, 2.75) is 0 Å². The molecular formula is C16H11BrFN3O. The first-order valence-electron chi connectivity index (χ1n) is 6.49. The number of halogens is 2. The molecule has 0 spiro atoms. The zero-order valence-electron chi connectivity index (χ0n) is 11.3. The van der Waals surface area contributed by atoms with E-state index in [0.29, 0.717) is 27.0 Å². The highest BCUT2D eigenvalue weighted by Gasteiger charge is 2.14. The third-order valence-electron chi connectivity index (χ3n) is 3.10. The summed E-state index contributed by atoms with van der Waals surface area (Å²) in [6.07, 6.45) is 4.77. The number of nitrogens with one attached hydrogen (secondary N) is 2. The van der Waals surface area contributed by atoms with Crippen molar-refractivity contribution in [3.05, 3.63) is 71.0 Å². The van der Waals surface area contributed by atoms with Gasteiger partial charge in [-0.3, -0.25) is 9.78 Å². The molecule has 2 heterocycles. The monoisotopic (exact) mass is 359 g/mol. The number of carbonyl (C=O) groups excluding carboxylic acids is 1. The summed E-state index contributed by atoms with van der Waals surface area (Å²) >= 11 is 3.32. The van der Waals surface area contributed by atoms with Gasteiger partial charge in [0.15, 0.2) is 0 Å². The Bertz CT molecular complexity index is 797. The van der Waals surface area contributed by atoms with E-state index in [1.807, 2.05) is 0 Å². The molecule has 22 heavy (non-hydrogen) atoms. The predicted octanol–water partition coefficient (Wildman–Crippen LogP) is 4.23. The number of hydrogen-bond acceptors (Lipinski definition) is 2. The van der Waals surface area contributed by atoms with Gasteiger partial charge in [-0.15, -0.1) is 0 Å². The maximum absolute atomic E-state index is 13.9. The van der Waals surface area contributed by atoms with Crippen molar-refractivity contribution in [3.8, 4) is 11.1 Å². The van der Waals surface area contributed by atoms with Gasteiger partial charge < -0.3 is 10.3 Å². The Hall–Kier alpha value is -2.47. The first kappa shape index (κ1) is 14.5. The van der Waals surface area contributed by atoms with Crippen LogP contribution in [-0.2, 0) is 0 Å². The zero-order valence-corrected chi connectivity index (χ0v) is 12.9. The van der Waals surface area contributed by atoms with Crippen molar-refractivity contribution in [1.82, 2.24) is 9.97 Å². The molecule has 0 atom stereocenters. The molecule has 0 fully saturated rings. The van der Waals surface area contributed by atoms with Crippen LogP contribution in [0, 0.1) is 5.82 Å². The molecule has 0 aliphatic heterocycles. The first-order chi connectivity index (χ1) is 10.6. The van der Waals surface area contributed by atoms with Crippen molar-refractivity contribution in [3.63, 3.8) is 0 Å². The molecule has 3 rings (SSSR count). The van der Waals surface area contributed by atoms with Gasteiger partial charge in [0.25, 0.3) is 5.91 Å². The van der Waals surface area contributed by atoms with Crippen molar-refractivity contribution < 1.29 is 9.18 Å². The van der Waals surface area contributed by atoms with Crippen LogP contribution in [0.5, 0.6) is 0 Å². The standard InChI is InChI=1S/C16H11BrFN3O/c17-12-4-1-5-13(18)15(12)10-7-14(20-8-10)16(22)21-11-3-2-6-19-9-11/h1-9,20H,(H,21,22). The fraction of sp³-hybridized carbons (Fsp3) is 0. The van der Waals surface area contributed by atoms with Crippen LogP contribution in [-0.4, -0.2) is 15.9 Å². The van der Waals surface area contributed by atoms with E-state index in [2.05, 4.69) is 31.2 Å². The Kier molecular flexibility index (Phi) is 4.02. The minimum Gasteiger partial charge on any atom is -0.357 e. The fourth-order valence-corrected chi connectivity index (χ4v) is 2.65. The molecule has 0 saturated carbocycles. The molecule has 1 amide bonds. The summed E-state index contributed by atoms with van der Waals surface area (Å²) in [5.74, 6) is -0.667. The molecule has 4 nitrogen and oxygen atoms in total. The average molecular weight is 360 g/mol. The van der Waals surface area contributed by atoms with E-state index in [9.17, 15) is 9.18 Å². The van der Waals surface area contributed by atoms with Crippen LogP contribution < -0.4 is 5.32 Å². The van der Waals surface area contributed by atoms with Crippen LogP contribution in [0.2, 0.25) is 0 Å². The minimum absolute atomic E-state index is 0.313. The fourth-order valence-electron chi connectivity index (χ4n) is 2.08. The van der Waals surface area contributed by atoms with E-state index in [1.165, 1.54) is 6.07 Å². The van der Waals surface area contributed by atoms with E-state index < -0.39 is 0 Å². The lowest BCUT2D eigenvalue weighted by atomic mass is 10.1. The van der Waals surface area contributed by atoms with Crippen LogP contribution >= 0.6 is 15.9 Å². The highest BCUT2D eigenvalue weighted by molar-refractivity contribution is 9.10. The van der Waals surface area contributed by atoms with E-state index >= 15 is 0 Å². The third kappa shape index (κ3) is 2.92. The van der Waals surface area contributed by atoms with E-state index in [-0.39, 0.29) is 11.7 Å². The molecule has 110 valence electrons. The Labute approximate surface area is 134 Å². The summed E-state index contributed by atoms with van der Waals surface area (Å²) in [7, 11) is 0. The number of hydrogen-bond donors (Lipinski definition) is 2. The van der Waals surface area contributed by atoms with Gasteiger partial charge in [0.2, 0.25) is 0 Å². The molecule has 0 aliphatic rings. The Morgan fingerprint density at radius 3 is 2.86 bits per heavy atom. The second-order valence-corrected chi connectivity index (χ2v) is 5.45. The van der Waals surface area contributed by atoms with Gasteiger partial charge in [0.05, 0.1) is 11.9 Å². The van der Waals surface area contributed by atoms with Crippen molar-refractivity contribution in [1.29, 1.82) is 0 Å². The molecule has 2 aromatic heterocycles. The van der Waals surface area contributed by atoms with Gasteiger partial charge in [-0.1, -0.05) is 22.0 Å². The van der Waals surface area contributed by atoms with Gasteiger partial charge >= 0.3 is 0 Å². The summed E-state index contributed by atoms with van der Waals surface area (Å²) in [5.41, 5.74) is 1.95. The number of rotatable bonds is 3. The van der Waals surface area contributed by atoms with Crippen LogP contribution in [0.25, 0.3) is 11.1 Å². The molecule has 1 aromatic carbocycles. The molecule has 0 unspecified atom stereocenters. The number of H-pyrrole nitrogens is 1. The molecular weight excluding hydrogens is 349 g/mol.